The molecule has 0 aliphatic carbocycles. The fourth-order valence-electron chi connectivity index (χ4n) is 2.32. The first kappa shape index (κ1) is 14.3. The van der Waals surface area contributed by atoms with Crippen molar-refractivity contribution in [2.75, 3.05) is 0 Å². The van der Waals surface area contributed by atoms with Crippen molar-refractivity contribution in [3.05, 3.63) is 58.4 Å². The Hall–Kier alpha value is -1.65. The van der Waals surface area contributed by atoms with E-state index in [1.807, 2.05) is 6.92 Å². The quantitative estimate of drug-likeness (QED) is 0.605. The van der Waals surface area contributed by atoms with Gasteiger partial charge in [0.05, 0.1) is 17.1 Å². The lowest BCUT2D eigenvalue weighted by Gasteiger charge is -2.12. The van der Waals surface area contributed by atoms with Gasteiger partial charge in [-0.15, -0.1) is 11.6 Å². The van der Waals surface area contributed by atoms with Gasteiger partial charge >= 0.3 is 0 Å². The van der Waals surface area contributed by atoms with Crippen molar-refractivity contribution in [1.29, 1.82) is 0 Å². The van der Waals surface area contributed by atoms with E-state index in [2.05, 4.69) is 4.98 Å². The topological polar surface area (TPSA) is 17.8 Å². The van der Waals surface area contributed by atoms with Crippen LogP contribution in [-0.4, -0.2) is 9.55 Å². The summed E-state index contributed by atoms with van der Waals surface area (Å²) in [4.78, 5) is 4.26. The Kier molecular flexibility index (Phi) is 3.59. The first-order valence-corrected chi connectivity index (χ1v) is 7.12. The number of hydrogen-bond acceptors (Lipinski definition) is 1. The average Bonchev–Trinajstić information content (AvgIpc) is 2.84. The van der Waals surface area contributed by atoms with Gasteiger partial charge in [0.2, 0.25) is 0 Å². The Labute approximate surface area is 129 Å². The molecule has 0 bridgehead atoms. The normalized spacial score (nSPS) is 11.3. The van der Waals surface area contributed by atoms with E-state index < -0.39 is 11.6 Å². The molecule has 3 rings (SSSR count). The molecule has 0 saturated heterocycles. The number of nitrogens with zero attached hydrogens (tertiary/aromatic N) is 2. The SMILES string of the molecule is Cc1ccc(Cl)cc1-n1c(CCl)nc2ccc(F)c(F)c21. The predicted molar refractivity (Wildman–Crippen MR) is 80.3 cm³/mol. The molecular formula is C15H10Cl2F2N2. The van der Waals surface area contributed by atoms with Crippen LogP contribution in [-0.2, 0) is 5.88 Å². The van der Waals surface area contributed by atoms with Gasteiger partial charge in [-0.1, -0.05) is 17.7 Å². The first-order valence-electron chi connectivity index (χ1n) is 6.20. The highest BCUT2D eigenvalue weighted by Crippen LogP contribution is 2.29. The number of benzene rings is 2. The molecule has 0 atom stereocenters. The van der Waals surface area contributed by atoms with E-state index in [1.165, 1.54) is 10.6 Å². The molecule has 0 fully saturated rings. The second-order valence-corrected chi connectivity index (χ2v) is 5.36. The van der Waals surface area contributed by atoms with Gasteiger partial charge < -0.3 is 0 Å². The summed E-state index contributed by atoms with van der Waals surface area (Å²) in [5.41, 5.74) is 1.90. The molecule has 0 radical (unpaired) electrons. The monoisotopic (exact) mass is 326 g/mol. The van der Waals surface area contributed by atoms with Crippen molar-refractivity contribution in [1.82, 2.24) is 9.55 Å². The third-order valence-corrected chi connectivity index (χ3v) is 3.78. The van der Waals surface area contributed by atoms with Crippen LogP contribution in [0.1, 0.15) is 11.4 Å². The second kappa shape index (κ2) is 5.28. The number of hydrogen-bond donors (Lipinski definition) is 0. The molecule has 0 amide bonds. The molecule has 0 unspecified atom stereocenters. The van der Waals surface area contributed by atoms with Crippen LogP contribution in [0.2, 0.25) is 5.02 Å². The summed E-state index contributed by atoms with van der Waals surface area (Å²) in [5, 5.41) is 0.495. The van der Waals surface area contributed by atoms with Crippen LogP contribution in [0.4, 0.5) is 8.78 Å². The molecule has 2 aromatic carbocycles. The molecular weight excluding hydrogens is 317 g/mol. The Morgan fingerprint density at radius 1 is 1.19 bits per heavy atom. The molecule has 108 valence electrons. The Bertz CT molecular complexity index is 843. The smallest absolute Gasteiger partial charge is 0.185 e. The fraction of sp³-hybridized carbons (Fsp3) is 0.133. The van der Waals surface area contributed by atoms with Crippen LogP contribution < -0.4 is 0 Å². The summed E-state index contributed by atoms with van der Waals surface area (Å²) in [7, 11) is 0. The zero-order valence-corrected chi connectivity index (χ0v) is 12.5. The summed E-state index contributed by atoms with van der Waals surface area (Å²) >= 11 is 11.9. The van der Waals surface area contributed by atoms with Crippen molar-refractivity contribution >= 4 is 34.2 Å². The van der Waals surface area contributed by atoms with Crippen LogP contribution in [0.3, 0.4) is 0 Å². The summed E-state index contributed by atoms with van der Waals surface area (Å²) < 4.78 is 29.3. The van der Waals surface area contributed by atoms with E-state index in [9.17, 15) is 8.78 Å². The lowest BCUT2D eigenvalue weighted by atomic mass is 10.2. The van der Waals surface area contributed by atoms with Gasteiger partial charge in [-0.05, 0) is 36.8 Å². The Balaban J connectivity index is 2.45. The molecule has 0 spiro atoms. The van der Waals surface area contributed by atoms with Crippen molar-refractivity contribution in [3.8, 4) is 5.69 Å². The highest BCUT2D eigenvalue weighted by Gasteiger charge is 2.19. The zero-order valence-electron chi connectivity index (χ0n) is 11.0. The van der Waals surface area contributed by atoms with E-state index in [4.69, 9.17) is 23.2 Å². The molecule has 21 heavy (non-hydrogen) atoms. The molecule has 0 aliphatic rings. The van der Waals surface area contributed by atoms with Crippen LogP contribution >= 0.6 is 23.2 Å². The number of fused-ring (bicyclic) bond motifs is 1. The number of rotatable bonds is 2. The third kappa shape index (κ3) is 2.28. The number of aryl methyl sites for hydroxylation is 1. The molecule has 1 aromatic heterocycles. The van der Waals surface area contributed by atoms with E-state index in [0.29, 0.717) is 22.1 Å². The molecule has 6 heteroatoms. The number of halogens is 4. The maximum Gasteiger partial charge on any atom is 0.185 e. The van der Waals surface area contributed by atoms with Gasteiger partial charge in [-0.2, -0.15) is 0 Å². The van der Waals surface area contributed by atoms with E-state index in [-0.39, 0.29) is 11.4 Å². The Morgan fingerprint density at radius 2 is 1.95 bits per heavy atom. The van der Waals surface area contributed by atoms with Crippen LogP contribution in [0.5, 0.6) is 0 Å². The summed E-state index contributed by atoms with van der Waals surface area (Å²) in [6, 6.07) is 7.70. The number of alkyl halides is 1. The average molecular weight is 327 g/mol. The minimum atomic E-state index is -0.948. The van der Waals surface area contributed by atoms with Gasteiger partial charge in [-0.25, -0.2) is 13.8 Å². The fourth-order valence-corrected chi connectivity index (χ4v) is 2.67. The van der Waals surface area contributed by atoms with Gasteiger partial charge in [0, 0.05) is 5.02 Å². The van der Waals surface area contributed by atoms with E-state index in [1.54, 1.807) is 18.2 Å². The largest absolute Gasteiger partial charge is 0.292 e. The standard InChI is InChI=1S/C15H10Cl2F2N2/c1-8-2-3-9(17)6-12(8)21-13(7-16)20-11-5-4-10(18)14(19)15(11)21/h2-6H,7H2,1H3. The van der Waals surface area contributed by atoms with Crippen molar-refractivity contribution < 1.29 is 8.78 Å². The zero-order chi connectivity index (χ0) is 15.1. The highest BCUT2D eigenvalue weighted by atomic mass is 35.5. The van der Waals surface area contributed by atoms with Crippen LogP contribution in [0.15, 0.2) is 30.3 Å². The lowest BCUT2D eigenvalue weighted by molar-refractivity contribution is 0.514. The molecule has 0 saturated carbocycles. The summed E-state index contributed by atoms with van der Waals surface area (Å²) in [6.07, 6.45) is 0. The van der Waals surface area contributed by atoms with Gasteiger partial charge in [-0.3, -0.25) is 4.57 Å². The summed E-state index contributed by atoms with van der Waals surface area (Å²) in [5.74, 6) is -1.37. The Morgan fingerprint density at radius 3 is 2.67 bits per heavy atom. The maximum absolute atomic E-state index is 14.2. The molecule has 1 heterocycles. The third-order valence-electron chi connectivity index (χ3n) is 3.31. The second-order valence-electron chi connectivity index (χ2n) is 4.66. The number of aromatic nitrogens is 2. The number of imidazole rings is 1. The molecule has 3 aromatic rings. The molecule has 0 aliphatic heterocycles. The minimum absolute atomic E-state index is 0.0658. The van der Waals surface area contributed by atoms with Gasteiger partial charge in [0.15, 0.2) is 11.6 Å². The van der Waals surface area contributed by atoms with Crippen molar-refractivity contribution in [2.24, 2.45) is 0 Å². The van der Waals surface area contributed by atoms with E-state index >= 15 is 0 Å². The van der Waals surface area contributed by atoms with E-state index in [0.717, 1.165) is 11.6 Å². The minimum Gasteiger partial charge on any atom is -0.292 e. The molecule has 0 N–H and O–H groups in total. The van der Waals surface area contributed by atoms with Crippen molar-refractivity contribution in [3.63, 3.8) is 0 Å². The molecule has 2 nitrogen and oxygen atoms in total. The maximum atomic E-state index is 14.2. The highest BCUT2D eigenvalue weighted by molar-refractivity contribution is 6.30. The van der Waals surface area contributed by atoms with Crippen LogP contribution in [0.25, 0.3) is 16.7 Å². The lowest BCUT2D eigenvalue weighted by Crippen LogP contribution is -2.03. The van der Waals surface area contributed by atoms with Gasteiger partial charge in [0.25, 0.3) is 0 Å². The van der Waals surface area contributed by atoms with Gasteiger partial charge in [0.1, 0.15) is 11.3 Å². The van der Waals surface area contributed by atoms with Crippen molar-refractivity contribution in [2.45, 2.75) is 12.8 Å². The first-order chi connectivity index (χ1) is 10.0. The predicted octanol–water partition coefficient (Wildman–Crippen LogP) is 5.00. The van der Waals surface area contributed by atoms with Crippen LogP contribution in [0, 0.1) is 18.6 Å². The summed E-state index contributed by atoms with van der Waals surface area (Å²) in [6.45, 7) is 1.85.